The normalized spacial score (nSPS) is 15.0. The highest BCUT2D eigenvalue weighted by molar-refractivity contribution is 6.33. The van der Waals surface area contributed by atoms with Crippen molar-refractivity contribution in [1.29, 1.82) is 0 Å². The average molecular weight is 936 g/mol. The minimum Gasteiger partial charge on any atom is -0.493 e. The number of hydrogen-bond donors (Lipinski definition) is 2. The molecule has 2 aliphatic heterocycles. The van der Waals surface area contributed by atoms with Crippen LogP contribution in [0.5, 0.6) is 17.2 Å². The van der Waals surface area contributed by atoms with Crippen molar-refractivity contribution in [2.24, 2.45) is 5.73 Å². The van der Waals surface area contributed by atoms with E-state index in [1.807, 2.05) is 0 Å². The van der Waals surface area contributed by atoms with Crippen LogP contribution < -0.4 is 30.7 Å². The van der Waals surface area contributed by atoms with Gasteiger partial charge in [-0.05, 0) is 73.5 Å². The largest absolute Gasteiger partial charge is 0.493 e. The first-order valence-electron chi connectivity index (χ1n) is 20.5. The summed E-state index contributed by atoms with van der Waals surface area (Å²) in [4.78, 5) is 76.3. The van der Waals surface area contributed by atoms with Gasteiger partial charge < -0.3 is 38.6 Å². The van der Waals surface area contributed by atoms with Crippen LogP contribution >= 0.6 is 11.6 Å². The van der Waals surface area contributed by atoms with Crippen molar-refractivity contribution in [1.82, 2.24) is 10.2 Å². The minimum absolute atomic E-state index is 0.0169. The molecule has 1 aromatic heterocycles. The summed E-state index contributed by atoms with van der Waals surface area (Å²) in [5.41, 5.74) is 4.06. The number of nitrogens with one attached hydrogen (secondary N) is 1. The Hall–Kier alpha value is -6.80. The second-order valence-electron chi connectivity index (χ2n) is 14.7. The van der Waals surface area contributed by atoms with E-state index in [-0.39, 0.29) is 133 Å². The third-order valence-electron chi connectivity index (χ3n) is 10.3. The predicted octanol–water partition coefficient (Wildman–Crippen LogP) is 6.21. The molecule has 5 amide bonds. The number of halogens is 4. The maximum absolute atomic E-state index is 13.7. The Labute approximate surface area is 378 Å². The minimum atomic E-state index is -4.78. The van der Waals surface area contributed by atoms with E-state index in [0.29, 0.717) is 17.4 Å². The van der Waals surface area contributed by atoms with Gasteiger partial charge in [-0.2, -0.15) is 13.2 Å². The molecule has 2 aliphatic rings. The Balaban J connectivity index is 0.833. The summed E-state index contributed by atoms with van der Waals surface area (Å²) >= 11 is 6.59. The summed E-state index contributed by atoms with van der Waals surface area (Å²) in [7, 11) is 0. The lowest BCUT2D eigenvalue weighted by molar-refractivity contribution is -0.138. The Morgan fingerprint density at radius 1 is 0.788 bits per heavy atom. The summed E-state index contributed by atoms with van der Waals surface area (Å²) in [6.07, 6.45) is -4.71. The molecule has 0 radical (unpaired) electrons. The zero-order chi connectivity index (χ0) is 47.1. The second-order valence-corrected chi connectivity index (χ2v) is 15.1. The van der Waals surface area contributed by atoms with Gasteiger partial charge in [-0.15, -0.1) is 0 Å². The molecule has 3 N–H and O–H groups in total. The van der Waals surface area contributed by atoms with Crippen LogP contribution in [0.1, 0.15) is 56.4 Å². The van der Waals surface area contributed by atoms with Gasteiger partial charge in [0.15, 0.2) is 5.43 Å². The van der Waals surface area contributed by atoms with E-state index in [9.17, 15) is 41.9 Å². The number of nitrogens with two attached hydrogens (primary N) is 1. The van der Waals surface area contributed by atoms with Gasteiger partial charge in [0.1, 0.15) is 47.8 Å². The molecule has 66 heavy (non-hydrogen) atoms. The molecule has 1 unspecified atom stereocenters. The van der Waals surface area contributed by atoms with Crippen molar-refractivity contribution in [2.45, 2.75) is 32.0 Å². The lowest BCUT2D eigenvalue weighted by Gasteiger charge is -2.27. The maximum Gasteiger partial charge on any atom is 0.416 e. The zero-order valence-corrected chi connectivity index (χ0v) is 35.9. The number of benzene rings is 4. The zero-order valence-electron chi connectivity index (χ0n) is 35.1. The molecule has 0 saturated carbocycles. The van der Waals surface area contributed by atoms with Gasteiger partial charge in [-0.25, -0.2) is 0 Å². The third kappa shape index (κ3) is 10.7. The molecular formula is C46H41ClF3N3O13. The number of primary amides is 1. The highest BCUT2D eigenvalue weighted by atomic mass is 35.5. The molecule has 16 nitrogen and oxygen atoms in total. The van der Waals surface area contributed by atoms with Gasteiger partial charge in [0.2, 0.25) is 17.7 Å². The van der Waals surface area contributed by atoms with Crippen LogP contribution in [0.25, 0.3) is 33.4 Å². The summed E-state index contributed by atoms with van der Waals surface area (Å²) < 4.78 is 81.2. The van der Waals surface area contributed by atoms with Crippen molar-refractivity contribution in [3.05, 3.63) is 110 Å². The number of ether oxygens (including phenoxy) is 6. The average Bonchev–Trinajstić information content (AvgIpc) is 3.53. The van der Waals surface area contributed by atoms with E-state index in [1.165, 1.54) is 30.3 Å². The van der Waals surface area contributed by atoms with Crippen molar-refractivity contribution in [3.8, 4) is 39.7 Å². The number of fused-ring (bicyclic) bond motifs is 2. The van der Waals surface area contributed by atoms with Gasteiger partial charge in [0, 0.05) is 35.2 Å². The number of imide groups is 2. The summed E-state index contributed by atoms with van der Waals surface area (Å²) in [5.74, 6) is -2.68. The monoisotopic (exact) mass is 935 g/mol. The lowest BCUT2D eigenvalue weighted by atomic mass is 9.97. The van der Waals surface area contributed by atoms with Crippen molar-refractivity contribution in [3.63, 3.8) is 0 Å². The molecule has 0 spiro atoms. The van der Waals surface area contributed by atoms with Gasteiger partial charge >= 0.3 is 6.18 Å². The maximum atomic E-state index is 13.7. The molecule has 20 heteroatoms. The van der Waals surface area contributed by atoms with E-state index in [0.717, 1.165) is 11.0 Å². The fraction of sp³-hybridized carbons (Fsp3) is 0.304. The number of nitrogens with zero attached hydrogens (tertiary/aromatic N) is 1. The van der Waals surface area contributed by atoms with Gasteiger partial charge in [0.25, 0.3) is 11.8 Å². The van der Waals surface area contributed by atoms with Crippen LogP contribution in [0.4, 0.5) is 13.2 Å². The van der Waals surface area contributed by atoms with Crippen LogP contribution in [0.15, 0.2) is 82.0 Å². The topological polar surface area (TPSA) is 212 Å². The van der Waals surface area contributed by atoms with Crippen molar-refractivity contribution >= 4 is 52.1 Å². The fourth-order valence-electron chi connectivity index (χ4n) is 7.27. The first-order chi connectivity index (χ1) is 31.6. The summed E-state index contributed by atoms with van der Waals surface area (Å²) in [5, 5.41) is 2.42. The number of alkyl halides is 3. The Bertz CT molecular complexity index is 2760. The molecule has 1 saturated heterocycles. The fourth-order valence-corrected chi connectivity index (χ4v) is 7.53. The molecule has 346 valence electrons. The van der Waals surface area contributed by atoms with E-state index in [2.05, 4.69) is 5.32 Å². The molecular weight excluding hydrogens is 895 g/mol. The highest BCUT2D eigenvalue weighted by Gasteiger charge is 2.46. The number of hydrogen-bond acceptors (Lipinski definition) is 13. The van der Waals surface area contributed by atoms with Crippen LogP contribution in [0, 0.1) is 0 Å². The SMILES string of the molecule is CCOc1cc2oc(-c3ccc(OCCOCCOCCOCCOc4cccc5c4C(=O)N(C4CCC(=O)NC4=O)C5=O)cc3Cl)cc(=O)c2cc1-c1cc(C(N)=O)cc(C(F)(F)F)c1. The standard InChI is InChI=1S/C46H41ClF3N3O13/c1-2-63-37-24-39-32(22-31(37)25-18-26(42(51)56)20-27(19-25)46(48,49)50)35(54)23-38(66-39)29-7-6-28(21-33(29)47)64-16-14-61-12-10-60-11-13-62-15-17-65-36-5-3-4-30-41(36)45(59)53(44(30)58)34-8-9-40(55)52-43(34)57/h3-7,18-24,34H,2,8-17H2,1H3,(H2,51,56)(H,52,55,57). The van der Waals surface area contributed by atoms with Crippen LogP contribution in [0.2, 0.25) is 5.02 Å². The van der Waals surface area contributed by atoms with Crippen LogP contribution in [-0.4, -0.2) is 99.9 Å². The molecule has 1 fully saturated rings. The Morgan fingerprint density at radius 2 is 1.48 bits per heavy atom. The summed E-state index contributed by atoms with van der Waals surface area (Å²) in [6.45, 7) is 3.51. The predicted molar refractivity (Wildman–Crippen MR) is 230 cm³/mol. The molecule has 5 aromatic rings. The molecule has 7 rings (SSSR count). The van der Waals surface area contributed by atoms with Crippen LogP contribution in [-0.2, 0) is 30.0 Å². The number of carbonyl (C=O) groups excluding carboxylic acids is 5. The van der Waals surface area contributed by atoms with Crippen molar-refractivity contribution < 1.29 is 70.0 Å². The number of amides is 5. The number of rotatable bonds is 20. The van der Waals surface area contributed by atoms with E-state index in [4.69, 9.17) is 50.2 Å². The number of carbonyl (C=O) groups is 5. The van der Waals surface area contributed by atoms with Gasteiger partial charge in [-0.1, -0.05) is 17.7 Å². The summed E-state index contributed by atoms with van der Waals surface area (Å²) in [6, 6.07) is 14.9. The first-order valence-corrected chi connectivity index (χ1v) is 20.9. The van der Waals surface area contributed by atoms with E-state index in [1.54, 1.807) is 37.3 Å². The Morgan fingerprint density at radius 3 is 2.14 bits per heavy atom. The number of piperidine rings is 1. The molecule has 3 heterocycles. The highest BCUT2D eigenvalue weighted by Crippen LogP contribution is 2.40. The third-order valence-corrected chi connectivity index (χ3v) is 10.7. The molecule has 4 aromatic carbocycles. The smallest absolute Gasteiger partial charge is 0.416 e. The molecule has 1 atom stereocenters. The molecule has 0 aliphatic carbocycles. The van der Waals surface area contributed by atoms with Crippen molar-refractivity contribution in [2.75, 3.05) is 59.5 Å². The first kappa shape index (κ1) is 47.2. The Kier molecular flexibility index (Phi) is 14.7. The lowest BCUT2D eigenvalue weighted by Crippen LogP contribution is -2.54. The van der Waals surface area contributed by atoms with Gasteiger partial charge in [0.05, 0.1) is 73.3 Å². The molecule has 0 bridgehead atoms. The van der Waals surface area contributed by atoms with Crippen LogP contribution in [0.3, 0.4) is 0 Å². The van der Waals surface area contributed by atoms with E-state index < -0.39 is 52.7 Å². The second kappa shape index (κ2) is 20.6. The van der Waals surface area contributed by atoms with Gasteiger partial charge in [-0.3, -0.25) is 39.0 Å². The van der Waals surface area contributed by atoms with E-state index >= 15 is 0 Å². The quantitative estimate of drug-likeness (QED) is 0.0658.